The van der Waals surface area contributed by atoms with Gasteiger partial charge in [0.25, 0.3) is 0 Å². The van der Waals surface area contributed by atoms with E-state index in [2.05, 4.69) is 5.32 Å². The molecule has 2 saturated carbocycles. The van der Waals surface area contributed by atoms with Crippen LogP contribution in [0.1, 0.15) is 44.9 Å². The van der Waals surface area contributed by atoms with E-state index in [0.29, 0.717) is 12.5 Å². The van der Waals surface area contributed by atoms with Gasteiger partial charge < -0.3 is 5.32 Å². The van der Waals surface area contributed by atoms with Gasteiger partial charge in [0.05, 0.1) is 11.8 Å². The maximum absolute atomic E-state index is 12.0. The van der Waals surface area contributed by atoms with Crippen molar-refractivity contribution >= 4 is 15.7 Å². The summed E-state index contributed by atoms with van der Waals surface area (Å²) in [4.78, 5) is 13.9. The second kappa shape index (κ2) is 7.09. The average Bonchev–Trinajstić information content (AvgIpc) is 2.35. The lowest BCUT2D eigenvalue weighted by Crippen LogP contribution is -2.50. The fraction of sp³-hybridized carbons (Fsp3) is 0.933. The van der Waals surface area contributed by atoms with Gasteiger partial charge in [-0.15, -0.1) is 0 Å². The van der Waals surface area contributed by atoms with Crippen molar-refractivity contribution in [3.63, 3.8) is 0 Å². The van der Waals surface area contributed by atoms with Gasteiger partial charge in [-0.3, -0.25) is 9.69 Å². The molecule has 1 N–H and O–H groups in total. The van der Waals surface area contributed by atoms with E-state index in [1.54, 1.807) is 0 Å². The number of amides is 1. The van der Waals surface area contributed by atoms with Gasteiger partial charge in [0.1, 0.15) is 0 Å². The van der Waals surface area contributed by atoms with Crippen molar-refractivity contribution in [1.82, 2.24) is 10.2 Å². The maximum Gasteiger partial charge on any atom is 0.234 e. The molecule has 0 heterocycles. The Kier molecular flexibility index (Phi) is 5.66. The number of carbonyl (C=O) groups excluding carboxylic acids is 1. The lowest BCUT2D eigenvalue weighted by Gasteiger charge is -2.36. The lowest BCUT2D eigenvalue weighted by atomic mass is 9.85. The van der Waals surface area contributed by atoms with Gasteiger partial charge >= 0.3 is 0 Å². The second-order valence-electron chi connectivity index (χ2n) is 6.74. The smallest absolute Gasteiger partial charge is 0.234 e. The number of nitrogens with one attached hydrogen (secondary N) is 1. The first kappa shape index (κ1) is 16.7. The van der Waals surface area contributed by atoms with Crippen LogP contribution in [0.4, 0.5) is 0 Å². The molecular formula is C15H28N2O3S. The number of likely N-dealkylation sites (N-methyl/N-ethyl adjacent to an activating group) is 1. The third kappa shape index (κ3) is 4.68. The molecule has 2 aliphatic carbocycles. The Balaban J connectivity index is 1.84. The van der Waals surface area contributed by atoms with Crippen molar-refractivity contribution in [2.45, 2.75) is 56.2 Å². The van der Waals surface area contributed by atoms with Crippen LogP contribution in [0.2, 0.25) is 0 Å². The zero-order valence-corrected chi connectivity index (χ0v) is 14.0. The molecule has 0 aromatic rings. The molecule has 122 valence electrons. The van der Waals surface area contributed by atoms with E-state index in [1.807, 2.05) is 11.9 Å². The van der Waals surface area contributed by atoms with Gasteiger partial charge in [-0.2, -0.15) is 0 Å². The van der Waals surface area contributed by atoms with Crippen LogP contribution in [-0.4, -0.2) is 56.9 Å². The molecule has 0 radical (unpaired) electrons. The fourth-order valence-electron chi connectivity index (χ4n) is 3.44. The summed E-state index contributed by atoms with van der Waals surface area (Å²) in [5.41, 5.74) is 0. The molecule has 0 aliphatic heterocycles. The van der Waals surface area contributed by atoms with Gasteiger partial charge in [0.2, 0.25) is 5.91 Å². The van der Waals surface area contributed by atoms with Gasteiger partial charge in [-0.1, -0.05) is 19.3 Å². The first-order valence-electron chi connectivity index (χ1n) is 8.03. The van der Waals surface area contributed by atoms with Crippen LogP contribution < -0.4 is 5.32 Å². The second-order valence-corrected chi connectivity index (χ2v) is 9.00. The lowest BCUT2D eigenvalue weighted by molar-refractivity contribution is -0.122. The molecule has 2 rings (SSSR count). The molecular weight excluding hydrogens is 288 g/mol. The summed E-state index contributed by atoms with van der Waals surface area (Å²) < 4.78 is 23.8. The summed E-state index contributed by atoms with van der Waals surface area (Å²) in [6.45, 7) is 1.07. The van der Waals surface area contributed by atoms with Crippen LogP contribution in [0.3, 0.4) is 0 Å². The highest BCUT2D eigenvalue weighted by Crippen LogP contribution is 2.27. The molecule has 0 bridgehead atoms. The van der Waals surface area contributed by atoms with Gasteiger partial charge in [-0.25, -0.2) is 8.42 Å². The van der Waals surface area contributed by atoms with Crippen molar-refractivity contribution in [1.29, 1.82) is 0 Å². The minimum Gasteiger partial charge on any atom is -0.355 e. The normalized spacial score (nSPS) is 27.4. The Labute approximate surface area is 128 Å². The molecule has 2 fully saturated rings. The third-order valence-electron chi connectivity index (χ3n) is 4.99. The quantitative estimate of drug-likeness (QED) is 0.799. The third-order valence-corrected chi connectivity index (χ3v) is 6.64. The zero-order valence-electron chi connectivity index (χ0n) is 13.2. The number of rotatable bonds is 6. The molecule has 0 aromatic carbocycles. The molecule has 0 saturated heterocycles. The molecule has 0 aromatic heterocycles. The SMILES string of the molecule is CN(CC(=O)NCC1CCC1)[C@H]1CCCC[C@@H]1S(C)(=O)=O. The monoisotopic (exact) mass is 316 g/mol. The Morgan fingerprint density at radius 3 is 2.38 bits per heavy atom. The summed E-state index contributed by atoms with van der Waals surface area (Å²) in [5.74, 6) is 0.667. The molecule has 2 aliphatic rings. The highest BCUT2D eigenvalue weighted by Gasteiger charge is 2.35. The zero-order chi connectivity index (χ0) is 15.5. The minimum atomic E-state index is -3.05. The van der Waals surface area contributed by atoms with E-state index in [1.165, 1.54) is 25.5 Å². The molecule has 0 spiro atoms. The Morgan fingerprint density at radius 1 is 1.14 bits per heavy atom. The van der Waals surface area contributed by atoms with E-state index < -0.39 is 9.84 Å². The van der Waals surface area contributed by atoms with Crippen LogP contribution in [0, 0.1) is 5.92 Å². The fourth-order valence-corrected chi connectivity index (χ4v) is 4.95. The van der Waals surface area contributed by atoms with Crippen molar-refractivity contribution in [2.75, 3.05) is 26.4 Å². The maximum atomic E-state index is 12.0. The summed E-state index contributed by atoms with van der Waals surface area (Å²) in [6.07, 6.45) is 8.63. The predicted molar refractivity (Wildman–Crippen MR) is 83.9 cm³/mol. The van der Waals surface area contributed by atoms with Crippen molar-refractivity contribution in [3.05, 3.63) is 0 Å². The topological polar surface area (TPSA) is 66.5 Å². The number of sulfone groups is 1. The molecule has 6 heteroatoms. The number of nitrogens with zero attached hydrogens (tertiary/aromatic N) is 1. The molecule has 5 nitrogen and oxygen atoms in total. The van der Waals surface area contributed by atoms with Crippen LogP contribution in [0.25, 0.3) is 0 Å². The molecule has 2 atom stereocenters. The standard InChI is InChI=1S/C15H28N2O3S/c1-17(11-15(18)16-10-12-6-5-7-12)13-8-3-4-9-14(13)21(2,19)20/h12-14H,3-11H2,1-2H3,(H,16,18)/t13-,14-/m0/s1. The van der Waals surface area contributed by atoms with E-state index in [9.17, 15) is 13.2 Å². The van der Waals surface area contributed by atoms with Crippen molar-refractivity contribution < 1.29 is 13.2 Å². The summed E-state index contributed by atoms with van der Waals surface area (Å²) in [6, 6.07) is -0.0248. The minimum absolute atomic E-state index is 0.0159. The molecule has 0 unspecified atom stereocenters. The van der Waals surface area contributed by atoms with E-state index >= 15 is 0 Å². The Hall–Kier alpha value is -0.620. The van der Waals surface area contributed by atoms with E-state index in [-0.39, 0.29) is 17.2 Å². The van der Waals surface area contributed by atoms with Crippen molar-refractivity contribution in [3.8, 4) is 0 Å². The van der Waals surface area contributed by atoms with Crippen LogP contribution >= 0.6 is 0 Å². The van der Waals surface area contributed by atoms with Crippen LogP contribution in [0.5, 0.6) is 0 Å². The highest BCUT2D eigenvalue weighted by atomic mass is 32.2. The van der Waals surface area contributed by atoms with Crippen LogP contribution in [0.15, 0.2) is 0 Å². The number of hydrogen-bond acceptors (Lipinski definition) is 4. The van der Waals surface area contributed by atoms with Crippen molar-refractivity contribution in [2.24, 2.45) is 5.92 Å². The molecule has 21 heavy (non-hydrogen) atoms. The first-order chi connectivity index (χ1) is 9.88. The van der Waals surface area contributed by atoms with Gasteiger partial charge in [0, 0.05) is 18.8 Å². The number of carbonyl (C=O) groups is 1. The summed E-state index contributed by atoms with van der Waals surface area (Å²) in [5, 5.41) is 2.65. The van der Waals surface area contributed by atoms with E-state index in [4.69, 9.17) is 0 Å². The van der Waals surface area contributed by atoms with Gasteiger partial charge in [0.15, 0.2) is 9.84 Å². The largest absolute Gasteiger partial charge is 0.355 e. The van der Waals surface area contributed by atoms with Crippen LogP contribution in [-0.2, 0) is 14.6 Å². The number of hydrogen-bond donors (Lipinski definition) is 1. The van der Waals surface area contributed by atoms with Gasteiger partial charge in [-0.05, 0) is 38.6 Å². The molecule has 1 amide bonds. The first-order valence-corrected chi connectivity index (χ1v) is 9.99. The predicted octanol–water partition coefficient (Wildman–Crippen LogP) is 1.19. The summed E-state index contributed by atoms with van der Waals surface area (Å²) >= 11 is 0. The Bertz CT molecular complexity index is 460. The Morgan fingerprint density at radius 2 is 1.81 bits per heavy atom. The average molecular weight is 316 g/mol. The highest BCUT2D eigenvalue weighted by molar-refractivity contribution is 7.91. The summed E-state index contributed by atoms with van der Waals surface area (Å²) in [7, 11) is -1.18. The van der Waals surface area contributed by atoms with E-state index in [0.717, 1.165) is 32.2 Å².